The van der Waals surface area contributed by atoms with Crippen LogP contribution < -0.4 is 15.2 Å². The van der Waals surface area contributed by atoms with Crippen LogP contribution in [0.15, 0.2) is 103 Å². The molecule has 0 bridgehead atoms. The fraction of sp³-hybridized carbons (Fsp3) is 0. The molecule has 0 heterocycles. The Balaban J connectivity index is 1.42. The first-order valence-electron chi connectivity index (χ1n) is 9.64. The van der Waals surface area contributed by atoms with Crippen LogP contribution in [0.3, 0.4) is 0 Å². The molecule has 31 heavy (non-hydrogen) atoms. The zero-order valence-corrected chi connectivity index (χ0v) is 16.5. The summed E-state index contributed by atoms with van der Waals surface area (Å²) < 4.78 is 10.7. The van der Waals surface area contributed by atoms with E-state index in [1.54, 1.807) is 72.8 Å². The summed E-state index contributed by atoms with van der Waals surface area (Å²) >= 11 is 0. The van der Waals surface area contributed by atoms with Gasteiger partial charge in [0.25, 0.3) is 0 Å². The number of rotatable bonds is 5. The van der Waals surface area contributed by atoms with Gasteiger partial charge < -0.3 is 15.2 Å². The SMILES string of the molecule is Nc1ccc(OC(=O)c2ccc(-c3ccc(C(=O)Oc4ccccc4)cc3)cc2)cc1. The Hall–Kier alpha value is -4.38. The van der Waals surface area contributed by atoms with Crippen molar-refractivity contribution in [2.75, 3.05) is 5.73 Å². The number of esters is 2. The number of para-hydroxylation sites is 1. The predicted molar refractivity (Wildman–Crippen MR) is 119 cm³/mol. The third-order valence-electron chi connectivity index (χ3n) is 4.62. The van der Waals surface area contributed by atoms with Crippen LogP contribution in [0.1, 0.15) is 20.7 Å². The van der Waals surface area contributed by atoms with E-state index in [1.807, 2.05) is 30.3 Å². The maximum absolute atomic E-state index is 12.3. The summed E-state index contributed by atoms with van der Waals surface area (Å²) in [6.07, 6.45) is 0. The maximum Gasteiger partial charge on any atom is 0.343 e. The third kappa shape index (κ3) is 4.97. The van der Waals surface area contributed by atoms with Crippen molar-refractivity contribution in [1.82, 2.24) is 0 Å². The molecule has 5 heteroatoms. The quantitative estimate of drug-likeness (QED) is 0.272. The van der Waals surface area contributed by atoms with Crippen LogP contribution in [0, 0.1) is 0 Å². The lowest BCUT2D eigenvalue weighted by Crippen LogP contribution is -2.08. The number of hydrogen-bond acceptors (Lipinski definition) is 5. The summed E-state index contributed by atoms with van der Waals surface area (Å²) in [5, 5.41) is 0. The molecule has 2 N–H and O–H groups in total. The Morgan fingerprint density at radius 1 is 0.516 bits per heavy atom. The van der Waals surface area contributed by atoms with Crippen molar-refractivity contribution in [3.05, 3.63) is 114 Å². The minimum Gasteiger partial charge on any atom is -0.423 e. The monoisotopic (exact) mass is 409 g/mol. The van der Waals surface area contributed by atoms with Gasteiger partial charge in [-0.25, -0.2) is 9.59 Å². The first-order chi connectivity index (χ1) is 15.1. The number of nitrogen functional groups attached to an aromatic ring is 1. The van der Waals surface area contributed by atoms with E-state index < -0.39 is 11.9 Å². The number of anilines is 1. The molecule has 4 aromatic carbocycles. The molecule has 0 saturated heterocycles. The molecule has 152 valence electrons. The summed E-state index contributed by atoms with van der Waals surface area (Å²) in [5.41, 5.74) is 8.95. The van der Waals surface area contributed by atoms with Crippen LogP contribution >= 0.6 is 0 Å². The van der Waals surface area contributed by atoms with Gasteiger partial charge in [0.2, 0.25) is 0 Å². The second kappa shape index (κ2) is 8.97. The zero-order chi connectivity index (χ0) is 21.6. The Morgan fingerprint density at radius 2 is 0.935 bits per heavy atom. The number of carbonyl (C=O) groups excluding carboxylic acids is 2. The number of ether oxygens (including phenoxy) is 2. The predicted octanol–water partition coefficient (Wildman–Crippen LogP) is 5.37. The van der Waals surface area contributed by atoms with Gasteiger partial charge in [-0.05, 0) is 71.8 Å². The average Bonchev–Trinajstić information content (AvgIpc) is 2.81. The first kappa shape index (κ1) is 19.9. The van der Waals surface area contributed by atoms with Crippen LogP contribution in [0.5, 0.6) is 11.5 Å². The van der Waals surface area contributed by atoms with Crippen LogP contribution in [-0.4, -0.2) is 11.9 Å². The number of hydrogen-bond donors (Lipinski definition) is 1. The van der Waals surface area contributed by atoms with E-state index >= 15 is 0 Å². The Morgan fingerprint density at radius 3 is 1.39 bits per heavy atom. The highest BCUT2D eigenvalue weighted by atomic mass is 16.5. The highest BCUT2D eigenvalue weighted by molar-refractivity contribution is 5.93. The van der Waals surface area contributed by atoms with Crippen LogP contribution in [0.4, 0.5) is 5.69 Å². The van der Waals surface area contributed by atoms with E-state index in [4.69, 9.17) is 15.2 Å². The fourth-order valence-electron chi connectivity index (χ4n) is 2.95. The molecule has 0 unspecified atom stereocenters. The molecule has 4 rings (SSSR count). The lowest BCUT2D eigenvalue weighted by molar-refractivity contribution is 0.0725. The second-order valence-corrected chi connectivity index (χ2v) is 6.82. The number of carbonyl (C=O) groups is 2. The van der Waals surface area contributed by atoms with Crippen molar-refractivity contribution in [3.63, 3.8) is 0 Å². The van der Waals surface area contributed by atoms with E-state index in [9.17, 15) is 9.59 Å². The minimum atomic E-state index is -0.449. The molecular weight excluding hydrogens is 390 g/mol. The van der Waals surface area contributed by atoms with Crippen molar-refractivity contribution in [3.8, 4) is 22.6 Å². The Kier molecular flexibility index (Phi) is 5.76. The summed E-state index contributed by atoms with van der Waals surface area (Å²) in [4.78, 5) is 24.6. The molecule has 0 aliphatic heterocycles. The van der Waals surface area contributed by atoms with Crippen molar-refractivity contribution in [2.45, 2.75) is 0 Å². The van der Waals surface area contributed by atoms with Gasteiger partial charge in [-0.15, -0.1) is 0 Å². The molecule has 5 nitrogen and oxygen atoms in total. The van der Waals surface area contributed by atoms with E-state index in [0.717, 1.165) is 11.1 Å². The lowest BCUT2D eigenvalue weighted by Gasteiger charge is -2.07. The van der Waals surface area contributed by atoms with Crippen molar-refractivity contribution in [1.29, 1.82) is 0 Å². The average molecular weight is 409 g/mol. The topological polar surface area (TPSA) is 78.6 Å². The molecule has 0 aliphatic rings. The van der Waals surface area contributed by atoms with Gasteiger partial charge in [-0.3, -0.25) is 0 Å². The molecule has 0 saturated carbocycles. The molecule has 0 amide bonds. The fourth-order valence-corrected chi connectivity index (χ4v) is 2.95. The highest BCUT2D eigenvalue weighted by Crippen LogP contribution is 2.22. The zero-order valence-electron chi connectivity index (χ0n) is 16.5. The summed E-state index contributed by atoms with van der Waals surface area (Å²) in [6, 6.07) is 29.7. The van der Waals surface area contributed by atoms with Crippen LogP contribution in [-0.2, 0) is 0 Å². The second-order valence-electron chi connectivity index (χ2n) is 6.82. The van der Waals surface area contributed by atoms with Gasteiger partial charge in [0.15, 0.2) is 0 Å². The Bertz CT molecular complexity index is 1180. The smallest absolute Gasteiger partial charge is 0.343 e. The van der Waals surface area contributed by atoms with Crippen LogP contribution in [0.25, 0.3) is 11.1 Å². The standard InChI is InChI=1S/C26H19NO4/c27-22-14-16-24(17-15-22)31-26(29)21-12-8-19(9-13-21)18-6-10-20(11-7-18)25(28)30-23-4-2-1-3-5-23/h1-17H,27H2. The van der Waals surface area contributed by atoms with Gasteiger partial charge in [0.1, 0.15) is 11.5 Å². The minimum absolute atomic E-state index is 0.418. The Labute approximate surface area is 179 Å². The maximum atomic E-state index is 12.3. The summed E-state index contributed by atoms with van der Waals surface area (Å²) in [7, 11) is 0. The summed E-state index contributed by atoms with van der Waals surface area (Å²) in [6.45, 7) is 0. The normalized spacial score (nSPS) is 10.3. The molecule has 4 aromatic rings. The van der Waals surface area contributed by atoms with Gasteiger partial charge in [0.05, 0.1) is 11.1 Å². The first-order valence-corrected chi connectivity index (χ1v) is 9.64. The molecule has 0 aliphatic carbocycles. The van der Waals surface area contributed by atoms with Gasteiger partial charge in [0, 0.05) is 5.69 Å². The van der Waals surface area contributed by atoms with Gasteiger partial charge >= 0.3 is 11.9 Å². The van der Waals surface area contributed by atoms with Crippen molar-refractivity contribution < 1.29 is 19.1 Å². The molecule has 0 aromatic heterocycles. The van der Waals surface area contributed by atoms with Gasteiger partial charge in [-0.1, -0.05) is 42.5 Å². The molecule has 0 fully saturated rings. The molecule has 0 spiro atoms. The number of benzene rings is 4. The molecular formula is C26H19NO4. The molecule has 0 atom stereocenters. The van der Waals surface area contributed by atoms with Crippen LogP contribution in [0.2, 0.25) is 0 Å². The van der Waals surface area contributed by atoms with E-state index in [1.165, 1.54) is 0 Å². The highest BCUT2D eigenvalue weighted by Gasteiger charge is 2.11. The largest absolute Gasteiger partial charge is 0.423 e. The van der Waals surface area contributed by atoms with Crippen molar-refractivity contribution >= 4 is 17.6 Å². The van der Waals surface area contributed by atoms with Crippen molar-refractivity contribution in [2.24, 2.45) is 0 Å². The number of nitrogens with two attached hydrogens (primary N) is 1. The van der Waals surface area contributed by atoms with E-state index in [0.29, 0.717) is 28.3 Å². The lowest BCUT2D eigenvalue weighted by atomic mass is 10.0. The van der Waals surface area contributed by atoms with E-state index in [2.05, 4.69) is 0 Å². The summed E-state index contributed by atoms with van der Waals surface area (Å²) in [5.74, 6) is 0.0631. The third-order valence-corrected chi connectivity index (χ3v) is 4.62. The molecule has 0 radical (unpaired) electrons. The van der Waals surface area contributed by atoms with E-state index in [-0.39, 0.29) is 0 Å². The van der Waals surface area contributed by atoms with Gasteiger partial charge in [-0.2, -0.15) is 0 Å².